The van der Waals surface area contributed by atoms with E-state index in [1.807, 2.05) is 48.3 Å². The highest BCUT2D eigenvalue weighted by Crippen LogP contribution is 2.82. The van der Waals surface area contributed by atoms with E-state index in [2.05, 4.69) is 261 Å². The quantitative estimate of drug-likeness (QED) is 0.121. The predicted octanol–water partition coefficient (Wildman–Crippen LogP) is 22.0. The summed E-state index contributed by atoms with van der Waals surface area (Å²) in [5, 5.41) is 12.7. The summed E-state index contributed by atoms with van der Waals surface area (Å²) in [6, 6.07) is 83.0. The van der Waals surface area contributed by atoms with Crippen molar-refractivity contribution in [3.8, 4) is 76.4 Å². The lowest BCUT2D eigenvalue weighted by molar-refractivity contribution is 1.08. The molecule has 88 heavy (non-hydrogen) atoms. The van der Waals surface area contributed by atoms with Crippen LogP contribution < -0.4 is 0 Å². The normalized spacial score (nSPS) is 17.1. The van der Waals surface area contributed by atoms with Crippen molar-refractivity contribution in [2.75, 3.05) is 0 Å². The van der Waals surface area contributed by atoms with E-state index in [-0.39, 0.29) is 10.5 Å². The molecule has 0 saturated carbocycles. The van der Waals surface area contributed by atoms with Crippen molar-refractivity contribution in [3.63, 3.8) is 0 Å². The standard InChI is InChI=1S/C74H48N6S8/c1-5-13-51(14-6-1)87(52-15-7-2-8-16-52)67-29-21-47(41-55(67)57-43-49(23-31-69(57)87)79-59(71-75-33-37-81-71)25-26-60(79)72-76-34-38-82-72)63-45-65-66(85-63)46-64(86-65)48-22-30-68-56(42-48)58-44-50(80-61(73-77-35-39-83-73)27-28-62(80)74-78-36-40-84-74)24-32-70(58)88(68,53-17-9-3-10-18-53)54-19-11-4-12-20-54/h1-46,65-66H. The van der Waals surface area contributed by atoms with Crippen LogP contribution in [-0.4, -0.2) is 39.6 Å². The molecule has 422 valence electrons. The molecule has 14 aromatic rings. The number of rotatable bonds is 12. The first-order chi connectivity index (χ1) is 43.6. The lowest BCUT2D eigenvalue weighted by Crippen LogP contribution is -2.04. The van der Waals surface area contributed by atoms with E-state index < -0.39 is 20.1 Å². The molecule has 0 N–H and O–H groups in total. The molecule has 0 bridgehead atoms. The van der Waals surface area contributed by atoms with Crippen LogP contribution in [0.1, 0.15) is 11.1 Å². The second kappa shape index (κ2) is 21.2. The topological polar surface area (TPSA) is 61.4 Å². The van der Waals surface area contributed by atoms with Crippen LogP contribution in [0.5, 0.6) is 0 Å². The van der Waals surface area contributed by atoms with Gasteiger partial charge in [-0.1, -0.05) is 97.1 Å². The Bertz CT molecular complexity index is 4530. The molecule has 10 heterocycles. The molecule has 4 aliphatic rings. The van der Waals surface area contributed by atoms with E-state index in [4.69, 9.17) is 19.9 Å². The fraction of sp³-hybridized carbons (Fsp3) is 0.0270. The van der Waals surface area contributed by atoms with Gasteiger partial charge in [0, 0.05) is 117 Å². The highest BCUT2D eigenvalue weighted by molar-refractivity contribution is 8.34. The SMILES string of the molecule is C1=C(c2ccc3c(c2)-c2cc(-n4c(-c5nccs5)ccc4-c4nccs4)ccc2S3(c2ccccc2)c2ccccc2)SC2C=C(c3ccc4c(c3)-c3cc(-n5c(-c6nccs6)ccc5-c5nccs5)ccc3S4(c3ccccc3)c3ccccc3)SC12. The van der Waals surface area contributed by atoms with Crippen LogP contribution in [0, 0.1) is 0 Å². The molecule has 2 unspecified atom stereocenters. The smallest absolute Gasteiger partial charge is 0.140 e. The Labute approximate surface area is 537 Å². The Hall–Kier alpha value is -8.28. The predicted molar refractivity (Wildman–Crippen MR) is 373 cm³/mol. The molecule has 2 atom stereocenters. The molecule has 8 aromatic carbocycles. The zero-order valence-electron chi connectivity index (χ0n) is 46.7. The monoisotopic (exact) mass is 1280 g/mol. The van der Waals surface area contributed by atoms with Crippen molar-refractivity contribution >= 4 is 98.7 Å². The lowest BCUT2D eigenvalue weighted by atomic mass is 10.0. The van der Waals surface area contributed by atoms with Crippen LogP contribution in [0.3, 0.4) is 0 Å². The molecule has 14 heteroatoms. The van der Waals surface area contributed by atoms with E-state index in [0.29, 0.717) is 0 Å². The molecule has 6 nitrogen and oxygen atoms in total. The van der Waals surface area contributed by atoms with E-state index in [1.54, 1.807) is 45.3 Å². The number of aromatic nitrogens is 6. The number of hydrogen-bond acceptors (Lipinski definition) is 10. The minimum atomic E-state index is -1.90. The third kappa shape index (κ3) is 8.10. The largest absolute Gasteiger partial charge is 0.305 e. The Morgan fingerprint density at radius 2 is 0.602 bits per heavy atom. The molecule has 0 aliphatic carbocycles. The number of benzene rings is 8. The Morgan fingerprint density at radius 1 is 0.307 bits per heavy atom. The van der Waals surface area contributed by atoms with Crippen LogP contribution in [0.2, 0.25) is 0 Å². The Morgan fingerprint density at radius 3 is 0.898 bits per heavy atom. The summed E-state index contributed by atoms with van der Waals surface area (Å²) in [6.45, 7) is 0. The van der Waals surface area contributed by atoms with Gasteiger partial charge in [-0.25, -0.2) is 19.9 Å². The summed E-state index contributed by atoms with van der Waals surface area (Å²) in [6.07, 6.45) is 12.7. The highest BCUT2D eigenvalue weighted by atomic mass is 32.3. The summed E-state index contributed by atoms with van der Waals surface area (Å²) >= 11 is 10.7. The van der Waals surface area contributed by atoms with Gasteiger partial charge in [-0.3, -0.25) is 0 Å². The Balaban J connectivity index is 0.742. The van der Waals surface area contributed by atoms with Crippen LogP contribution >= 0.6 is 88.9 Å². The van der Waals surface area contributed by atoms with Crippen molar-refractivity contribution in [1.82, 2.24) is 29.1 Å². The fourth-order valence-corrected chi connectivity index (χ4v) is 27.4. The van der Waals surface area contributed by atoms with Gasteiger partial charge < -0.3 is 9.13 Å². The molecular formula is C74H48N6S8. The summed E-state index contributed by atoms with van der Waals surface area (Å²) in [7, 11) is -3.79. The molecule has 18 rings (SSSR count). The third-order valence-corrected chi connectivity index (χ3v) is 31.1. The maximum atomic E-state index is 4.82. The van der Waals surface area contributed by atoms with Crippen molar-refractivity contribution in [3.05, 3.63) is 288 Å². The van der Waals surface area contributed by atoms with E-state index >= 15 is 0 Å². The van der Waals surface area contributed by atoms with Crippen LogP contribution in [0.15, 0.2) is 316 Å². The van der Waals surface area contributed by atoms with Gasteiger partial charge in [0.25, 0.3) is 0 Å². The van der Waals surface area contributed by atoms with E-state index in [9.17, 15) is 0 Å². The fourth-order valence-electron chi connectivity index (χ4n) is 13.5. The summed E-state index contributed by atoms with van der Waals surface area (Å²) < 4.78 is 4.73. The van der Waals surface area contributed by atoms with Gasteiger partial charge in [0.2, 0.25) is 0 Å². The first kappa shape index (κ1) is 52.8. The average Bonchev–Trinajstić information content (AvgIpc) is 1.95. The molecule has 4 aliphatic heterocycles. The second-order valence-corrected chi connectivity index (χ2v) is 33.8. The van der Waals surface area contributed by atoms with Crippen LogP contribution in [0.4, 0.5) is 0 Å². The minimum Gasteiger partial charge on any atom is -0.305 e. The molecular weight excluding hydrogens is 1230 g/mol. The number of thioether (sulfide) groups is 2. The van der Waals surface area contributed by atoms with Gasteiger partial charge in [0.05, 0.1) is 22.8 Å². The lowest BCUT2D eigenvalue weighted by Gasteiger charge is -2.39. The number of hydrogen-bond donors (Lipinski definition) is 0. The molecule has 0 saturated heterocycles. The van der Waals surface area contributed by atoms with Crippen molar-refractivity contribution in [2.24, 2.45) is 0 Å². The zero-order valence-corrected chi connectivity index (χ0v) is 53.2. The van der Waals surface area contributed by atoms with Gasteiger partial charge in [-0.05, 0) is 167 Å². The zero-order chi connectivity index (χ0) is 57.9. The molecule has 0 radical (unpaired) electrons. The summed E-state index contributed by atoms with van der Waals surface area (Å²) in [5.74, 6) is 0. The first-order valence-electron chi connectivity index (χ1n) is 28.9. The van der Waals surface area contributed by atoms with Gasteiger partial charge in [0.15, 0.2) is 0 Å². The highest BCUT2D eigenvalue weighted by Gasteiger charge is 2.45. The molecule has 0 fully saturated rings. The summed E-state index contributed by atoms with van der Waals surface area (Å²) in [5.41, 5.74) is 14.1. The minimum absolute atomic E-state index is 0.288. The average molecular weight is 1280 g/mol. The van der Waals surface area contributed by atoms with Gasteiger partial charge in [0.1, 0.15) is 20.0 Å². The molecule has 6 aromatic heterocycles. The van der Waals surface area contributed by atoms with Gasteiger partial charge in [-0.2, -0.15) is 0 Å². The number of nitrogens with zero attached hydrogens (tertiary/aromatic N) is 6. The number of thiazole rings is 4. The van der Waals surface area contributed by atoms with Crippen LogP contribution in [-0.2, 0) is 0 Å². The maximum Gasteiger partial charge on any atom is 0.140 e. The van der Waals surface area contributed by atoms with Gasteiger partial charge in [-0.15, -0.1) is 88.9 Å². The third-order valence-electron chi connectivity index (χ3n) is 17.1. The molecule has 0 amide bonds. The van der Waals surface area contributed by atoms with Gasteiger partial charge >= 0.3 is 0 Å². The summed E-state index contributed by atoms with van der Waals surface area (Å²) in [4.78, 5) is 32.8. The van der Waals surface area contributed by atoms with Crippen molar-refractivity contribution in [2.45, 2.75) is 49.7 Å². The first-order valence-corrected chi connectivity index (χ1v) is 37.4. The Kier molecular flexibility index (Phi) is 12.7. The second-order valence-electron chi connectivity index (χ2n) is 21.7. The van der Waals surface area contributed by atoms with Crippen LogP contribution in [0.25, 0.3) is 86.2 Å². The molecule has 0 spiro atoms. The van der Waals surface area contributed by atoms with E-state index in [0.717, 1.165) is 54.2 Å². The van der Waals surface area contributed by atoms with E-state index in [1.165, 1.54) is 82.4 Å². The maximum absolute atomic E-state index is 4.82. The van der Waals surface area contributed by atoms with Crippen molar-refractivity contribution < 1.29 is 0 Å². The number of fused-ring (bicyclic) bond motifs is 7. The van der Waals surface area contributed by atoms with Crippen molar-refractivity contribution in [1.29, 1.82) is 0 Å².